The molecule has 0 bridgehead atoms. The standard InChI is InChI=1S/C15H14N4O4.C11H9N3O3/c20-15(18-8-1-9-18)17-14-10-13(6-7-16-14)23-12-4-2-11(3-5-12)19(21)22;12-11-7-10(5-6-13-11)17-9-3-1-8(2-4-9)14(15)16/h2-7,10H,1,8-9H2,(H,16,17,20);1-7H,(H2,12,13). The number of nitrogens with zero attached hydrogens (tertiary/aromatic N) is 5. The van der Waals surface area contributed by atoms with Gasteiger partial charge in [0.15, 0.2) is 0 Å². The van der Waals surface area contributed by atoms with Crippen molar-refractivity contribution in [1.82, 2.24) is 14.9 Å². The number of urea groups is 1. The summed E-state index contributed by atoms with van der Waals surface area (Å²) < 4.78 is 11.1. The molecule has 1 aliphatic heterocycles. The van der Waals surface area contributed by atoms with E-state index in [-0.39, 0.29) is 17.4 Å². The lowest BCUT2D eigenvalue weighted by Gasteiger charge is -2.30. The van der Waals surface area contributed by atoms with Crippen LogP contribution in [-0.4, -0.2) is 43.8 Å². The molecule has 0 radical (unpaired) electrons. The third-order valence-corrected chi connectivity index (χ3v) is 5.43. The van der Waals surface area contributed by atoms with Gasteiger partial charge in [0.2, 0.25) is 0 Å². The zero-order valence-corrected chi connectivity index (χ0v) is 20.9. The van der Waals surface area contributed by atoms with E-state index in [2.05, 4.69) is 15.3 Å². The minimum Gasteiger partial charge on any atom is -0.457 e. The SMILES string of the molecule is Nc1cc(Oc2ccc([N+](=O)[O-])cc2)ccn1.O=C(Nc1cc(Oc2ccc([N+](=O)[O-])cc2)ccn1)N1CCC1. The van der Waals surface area contributed by atoms with E-state index in [1.807, 2.05) is 0 Å². The average molecular weight is 546 g/mol. The van der Waals surface area contributed by atoms with Crippen LogP contribution in [0.2, 0.25) is 0 Å². The minimum absolute atomic E-state index is 0.00502. The third-order valence-electron chi connectivity index (χ3n) is 5.43. The van der Waals surface area contributed by atoms with Gasteiger partial charge >= 0.3 is 6.03 Å². The van der Waals surface area contributed by atoms with E-state index >= 15 is 0 Å². The summed E-state index contributed by atoms with van der Waals surface area (Å²) >= 11 is 0. The van der Waals surface area contributed by atoms with Crippen LogP contribution in [0, 0.1) is 20.2 Å². The number of ether oxygens (including phenoxy) is 2. The monoisotopic (exact) mass is 545 g/mol. The zero-order chi connectivity index (χ0) is 28.5. The average Bonchev–Trinajstić information content (AvgIpc) is 2.89. The summed E-state index contributed by atoms with van der Waals surface area (Å²) in [6, 6.07) is 17.8. The van der Waals surface area contributed by atoms with Gasteiger partial charge in [-0.3, -0.25) is 25.5 Å². The van der Waals surface area contributed by atoms with Crippen LogP contribution in [0.1, 0.15) is 6.42 Å². The number of anilines is 2. The topological polar surface area (TPSA) is 189 Å². The molecule has 4 aromatic rings. The highest BCUT2D eigenvalue weighted by atomic mass is 16.6. The quantitative estimate of drug-likeness (QED) is 0.225. The Morgan fingerprint density at radius 3 is 1.73 bits per heavy atom. The first-order chi connectivity index (χ1) is 19.3. The van der Waals surface area contributed by atoms with Crippen molar-refractivity contribution in [2.45, 2.75) is 6.42 Å². The smallest absolute Gasteiger partial charge is 0.323 e. The summed E-state index contributed by atoms with van der Waals surface area (Å²) in [5.41, 5.74) is 5.51. The van der Waals surface area contributed by atoms with Gasteiger partial charge in [-0.15, -0.1) is 0 Å². The highest BCUT2D eigenvalue weighted by Gasteiger charge is 2.20. The molecule has 2 aromatic heterocycles. The van der Waals surface area contributed by atoms with E-state index in [1.165, 1.54) is 60.9 Å². The summed E-state index contributed by atoms with van der Waals surface area (Å²) in [6.07, 6.45) is 4.06. The van der Waals surface area contributed by atoms with Gasteiger partial charge in [-0.1, -0.05) is 0 Å². The van der Waals surface area contributed by atoms with Crippen molar-refractivity contribution < 1.29 is 24.1 Å². The number of benzene rings is 2. The molecule has 3 heterocycles. The summed E-state index contributed by atoms with van der Waals surface area (Å²) in [7, 11) is 0. The fourth-order valence-electron chi connectivity index (χ4n) is 3.29. The Bertz CT molecular complexity index is 1490. The number of rotatable bonds is 7. The molecule has 40 heavy (non-hydrogen) atoms. The Labute approximate surface area is 227 Å². The number of nitrogens with one attached hydrogen (secondary N) is 1. The lowest BCUT2D eigenvalue weighted by atomic mass is 10.2. The van der Waals surface area contributed by atoms with Gasteiger partial charge < -0.3 is 20.1 Å². The van der Waals surface area contributed by atoms with Gasteiger partial charge in [-0.2, -0.15) is 0 Å². The van der Waals surface area contributed by atoms with Crippen molar-refractivity contribution >= 4 is 29.0 Å². The molecular formula is C26H23N7O7. The van der Waals surface area contributed by atoms with Crippen molar-refractivity contribution in [3.8, 4) is 23.0 Å². The summed E-state index contributed by atoms with van der Waals surface area (Å²) in [5, 5.41) is 23.8. The molecule has 0 aliphatic carbocycles. The van der Waals surface area contributed by atoms with Crippen LogP contribution in [0.5, 0.6) is 23.0 Å². The Morgan fingerprint density at radius 1 is 0.775 bits per heavy atom. The molecule has 2 amide bonds. The van der Waals surface area contributed by atoms with Crippen molar-refractivity contribution in [3.63, 3.8) is 0 Å². The van der Waals surface area contributed by atoms with Crippen molar-refractivity contribution in [3.05, 3.63) is 105 Å². The largest absolute Gasteiger partial charge is 0.457 e. The second-order valence-corrected chi connectivity index (χ2v) is 8.27. The number of nitro benzene ring substituents is 2. The third kappa shape index (κ3) is 7.61. The molecule has 14 heteroatoms. The van der Waals surface area contributed by atoms with Crippen LogP contribution in [-0.2, 0) is 0 Å². The maximum atomic E-state index is 11.8. The maximum absolute atomic E-state index is 11.8. The molecule has 0 unspecified atom stereocenters. The Morgan fingerprint density at radius 2 is 1.27 bits per heavy atom. The van der Waals surface area contributed by atoms with Crippen LogP contribution in [0.25, 0.3) is 0 Å². The fourth-order valence-corrected chi connectivity index (χ4v) is 3.29. The number of hydrogen-bond acceptors (Lipinski definition) is 10. The van der Waals surface area contributed by atoms with Gasteiger partial charge in [0.25, 0.3) is 11.4 Å². The number of carbonyl (C=O) groups excluding carboxylic acids is 1. The van der Waals surface area contributed by atoms with Crippen molar-refractivity contribution in [2.75, 3.05) is 24.1 Å². The molecule has 0 saturated carbocycles. The molecule has 1 aliphatic rings. The molecule has 14 nitrogen and oxygen atoms in total. The van der Waals surface area contributed by atoms with Crippen molar-refractivity contribution in [1.29, 1.82) is 0 Å². The lowest BCUT2D eigenvalue weighted by molar-refractivity contribution is -0.385. The van der Waals surface area contributed by atoms with Gasteiger partial charge in [0.05, 0.1) is 9.85 Å². The van der Waals surface area contributed by atoms with Crippen LogP contribution in [0.4, 0.5) is 27.8 Å². The number of carbonyl (C=O) groups is 1. The predicted molar refractivity (Wildman–Crippen MR) is 144 cm³/mol. The lowest BCUT2D eigenvalue weighted by Crippen LogP contribution is -2.44. The molecule has 5 rings (SSSR count). The number of likely N-dealkylation sites (tertiary alicyclic amines) is 1. The highest BCUT2D eigenvalue weighted by Crippen LogP contribution is 2.26. The van der Waals surface area contributed by atoms with Gasteiger partial charge in [-0.05, 0) is 42.8 Å². The molecule has 3 N–H and O–H groups in total. The number of pyridine rings is 2. The maximum Gasteiger partial charge on any atom is 0.323 e. The first kappa shape index (κ1) is 27.3. The first-order valence-corrected chi connectivity index (χ1v) is 11.8. The van der Waals surface area contributed by atoms with Gasteiger partial charge in [-0.25, -0.2) is 14.8 Å². The van der Waals surface area contributed by atoms with Gasteiger partial charge in [0.1, 0.15) is 34.6 Å². The number of nitrogens with two attached hydrogens (primary N) is 1. The molecule has 0 atom stereocenters. The summed E-state index contributed by atoms with van der Waals surface area (Å²) in [5.74, 6) is 2.72. The van der Waals surface area contributed by atoms with Crippen LogP contribution in [0.15, 0.2) is 85.2 Å². The second-order valence-electron chi connectivity index (χ2n) is 8.27. The number of nitro groups is 2. The Hall–Kier alpha value is -5.79. The number of aromatic nitrogens is 2. The van der Waals surface area contributed by atoms with Crippen LogP contribution >= 0.6 is 0 Å². The van der Waals surface area contributed by atoms with E-state index in [4.69, 9.17) is 15.2 Å². The number of nitrogen functional groups attached to an aromatic ring is 1. The second kappa shape index (κ2) is 12.6. The van der Waals surface area contributed by atoms with Crippen LogP contribution in [0.3, 0.4) is 0 Å². The van der Waals surface area contributed by atoms with Crippen molar-refractivity contribution in [2.24, 2.45) is 0 Å². The Kier molecular flexibility index (Phi) is 8.61. The summed E-state index contributed by atoms with van der Waals surface area (Å²) in [4.78, 5) is 41.6. The normalized spacial score (nSPS) is 11.8. The fraction of sp³-hybridized carbons (Fsp3) is 0.115. The van der Waals surface area contributed by atoms with E-state index in [0.29, 0.717) is 34.6 Å². The molecule has 0 spiro atoms. The van der Waals surface area contributed by atoms with Gasteiger partial charge in [0, 0.05) is 61.9 Å². The zero-order valence-electron chi connectivity index (χ0n) is 20.9. The summed E-state index contributed by atoms with van der Waals surface area (Å²) in [6.45, 7) is 1.51. The minimum atomic E-state index is -0.473. The molecule has 2 aromatic carbocycles. The number of amides is 2. The van der Waals surface area contributed by atoms with E-state index < -0.39 is 9.85 Å². The van der Waals surface area contributed by atoms with Crippen LogP contribution < -0.4 is 20.5 Å². The number of non-ortho nitro benzene ring substituents is 2. The van der Waals surface area contributed by atoms with E-state index in [1.54, 1.807) is 29.2 Å². The molecule has 1 saturated heterocycles. The molecule has 1 fully saturated rings. The number of hydrogen-bond donors (Lipinski definition) is 2. The molecule has 204 valence electrons. The first-order valence-electron chi connectivity index (χ1n) is 11.8. The van der Waals surface area contributed by atoms with E-state index in [9.17, 15) is 25.0 Å². The predicted octanol–water partition coefficient (Wildman–Crippen LogP) is 5.38. The Balaban J connectivity index is 0.000000194. The van der Waals surface area contributed by atoms with E-state index in [0.717, 1.165) is 19.5 Å². The molecular weight excluding hydrogens is 522 g/mol. The highest BCUT2D eigenvalue weighted by molar-refractivity contribution is 5.88.